The highest BCUT2D eigenvalue weighted by Gasteiger charge is 2.32. The van der Waals surface area contributed by atoms with Gasteiger partial charge in [-0.2, -0.15) is 15.1 Å². The number of thiazole rings is 1. The van der Waals surface area contributed by atoms with Gasteiger partial charge in [0.25, 0.3) is 0 Å². The monoisotopic (exact) mass is 479 g/mol. The van der Waals surface area contributed by atoms with E-state index in [0.717, 1.165) is 66.3 Å². The maximum atomic E-state index is 5.76. The minimum Gasteiger partial charge on any atom is -0.378 e. The van der Waals surface area contributed by atoms with E-state index in [0.29, 0.717) is 25.0 Å². The SMILES string of the molecule is Cc1cc(Nc2cc(N3CCOCC3)nc(N3CCC[C@H]3c3cc(-c4nccs4)no3)n2)n[nH]1. The van der Waals surface area contributed by atoms with E-state index in [1.54, 1.807) is 17.5 Å². The molecule has 11 nitrogen and oxygen atoms in total. The Hall–Kier alpha value is -3.51. The molecule has 6 heterocycles. The average molecular weight is 480 g/mol. The third kappa shape index (κ3) is 4.21. The zero-order chi connectivity index (χ0) is 22.9. The van der Waals surface area contributed by atoms with Crippen LogP contribution in [0.5, 0.6) is 0 Å². The summed E-state index contributed by atoms with van der Waals surface area (Å²) in [6.45, 7) is 5.76. The number of nitrogens with one attached hydrogen (secondary N) is 2. The molecule has 2 aliphatic heterocycles. The molecule has 0 saturated carbocycles. The number of aryl methyl sites for hydroxylation is 1. The van der Waals surface area contributed by atoms with Gasteiger partial charge in [0.15, 0.2) is 11.6 Å². The topological polar surface area (TPSA) is 121 Å². The highest BCUT2D eigenvalue weighted by atomic mass is 32.1. The number of morpholine rings is 1. The van der Waals surface area contributed by atoms with Gasteiger partial charge in [0.1, 0.15) is 22.3 Å². The van der Waals surface area contributed by atoms with Crippen molar-refractivity contribution in [3.63, 3.8) is 0 Å². The van der Waals surface area contributed by atoms with Gasteiger partial charge in [-0.3, -0.25) is 5.10 Å². The molecule has 12 heteroatoms. The molecule has 4 aromatic heterocycles. The third-order valence-electron chi connectivity index (χ3n) is 6.02. The van der Waals surface area contributed by atoms with Crippen molar-refractivity contribution < 1.29 is 9.26 Å². The predicted molar refractivity (Wildman–Crippen MR) is 129 cm³/mol. The second kappa shape index (κ2) is 9.03. The Bertz CT molecular complexity index is 1250. The van der Waals surface area contributed by atoms with Crippen LogP contribution in [0.25, 0.3) is 10.7 Å². The van der Waals surface area contributed by atoms with Crippen LogP contribution in [0, 0.1) is 6.92 Å². The molecule has 2 N–H and O–H groups in total. The van der Waals surface area contributed by atoms with Crippen molar-refractivity contribution in [2.45, 2.75) is 25.8 Å². The standard InChI is InChI=1S/C22H25N9O2S/c1-14-11-19(28-27-14)24-18-13-20(30-6-8-32-9-7-30)26-22(25-18)31-5-2-3-16(31)17-12-15(29-33-17)21-23-4-10-34-21/h4,10-13,16H,2-3,5-9H2,1H3,(H2,24,25,26,27,28)/t16-/m0/s1. The Morgan fingerprint density at radius 3 is 2.82 bits per heavy atom. The lowest BCUT2D eigenvalue weighted by Crippen LogP contribution is -2.37. The first-order valence-electron chi connectivity index (χ1n) is 11.4. The molecule has 4 aromatic rings. The average Bonchev–Trinajstić information content (AvgIpc) is 3.66. The Kier molecular flexibility index (Phi) is 5.59. The summed E-state index contributed by atoms with van der Waals surface area (Å²) in [6.07, 6.45) is 3.74. The van der Waals surface area contributed by atoms with Crippen molar-refractivity contribution in [1.29, 1.82) is 0 Å². The zero-order valence-electron chi connectivity index (χ0n) is 18.8. The van der Waals surface area contributed by atoms with Gasteiger partial charge in [-0.25, -0.2) is 4.98 Å². The van der Waals surface area contributed by atoms with Crippen LogP contribution < -0.4 is 15.1 Å². The summed E-state index contributed by atoms with van der Waals surface area (Å²) in [5, 5.41) is 17.6. The minimum atomic E-state index is 0.0154. The van der Waals surface area contributed by atoms with Crippen LogP contribution in [0.4, 0.5) is 23.4 Å². The van der Waals surface area contributed by atoms with Gasteiger partial charge in [0.2, 0.25) is 5.95 Å². The summed E-state index contributed by atoms with van der Waals surface area (Å²) >= 11 is 1.55. The van der Waals surface area contributed by atoms with E-state index in [1.807, 2.05) is 30.5 Å². The van der Waals surface area contributed by atoms with Crippen molar-refractivity contribution in [2.24, 2.45) is 0 Å². The van der Waals surface area contributed by atoms with E-state index in [9.17, 15) is 0 Å². The van der Waals surface area contributed by atoms with Crippen molar-refractivity contribution >= 4 is 34.7 Å². The number of rotatable bonds is 6. The van der Waals surface area contributed by atoms with Gasteiger partial charge in [0, 0.05) is 55.1 Å². The molecule has 0 unspecified atom stereocenters. The van der Waals surface area contributed by atoms with E-state index in [4.69, 9.17) is 19.2 Å². The number of H-pyrrole nitrogens is 1. The number of hydrogen-bond donors (Lipinski definition) is 2. The van der Waals surface area contributed by atoms with Crippen LogP contribution in [-0.4, -0.2) is 63.2 Å². The quantitative estimate of drug-likeness (QED) is 0.425. The highest BCUT2D eigenvalue weighted by Crippen LogP contribution is 2.37. The summed E-state index contributed by atoms with van der Waals surface area (Å²) in [7, 11) is 0. The van der Waals surface area contributed by atoms with Crippen LogP contribution in [0.1, 0.15) is 30.3 Å². The normalized spacial score (nSPS) is 18.6. The summed E-state index contributed by atoms with van der Waals surface area (Å²) < 4.78 is 11.3. The zero-order valence-corrected chi connectivity index (χ0v) is 19.6. The van der Waals surface area contributed by atoms with E-state index in [1.165, 1.54) is 0 Å². The van der Waals surface area contributed by atoms with Gasteiger partial charge in [-0.15, -0.1) is 11.3 Å². The molecular weight excluding hydrogens is 454 g/mol. The summed E-state index contributed by atoms with van der Waals surface area (Å²) in [5.41, 5.74) is 1.74. The van der Waals surface area contributed by atoms with Crippen LogP contribution in [-0.2, 0) is 4.74 Å². The fourth-order valence-corrected chi connectivity index (χ4v) is 4.97. The molecule has 2 fully saturated rings. The van der Waals surface area contributed by atoms with Crippen molar-refractivity contribution in [3.8, 4) is 10.7 Å². The van der Waals surface area contributed by atoms with Crippen LogP contribution in [0.3, 0.4) is 0 Å². The Balaban J connectivity index is 1.33. The van der Waals surface area contributed by atoms with Gasteiger partial charge in [-0.1, -0.05) is 5.16 Å². The molecule has 0 aliphatic carbocycles. The first kappa shape index (κ1) is 21.1. The number of aromatic nitrogens is 6. The second-order valence-electron chi connectivity index (χ2n) is 8.38. The fourth-order valence-electron chi connectivity index (χ4n) is 4.38. The molecule has 1 atom stereocenters. The minimum absolute atomic E-state index is 0.0154. The number of ether oxygens (including phenoxy) is 1. The molecule has 6 rings (SSSR count). The molecule has 176 valence electrons. The lowest BCUT2D eigenvalue weighted by atomic mass is 10.1. The highest BCUT2D eigenvalue weighted by molar-refractivity contribution is 7.13. The number of hydrogen-bond acceptors (Lipinski definition) is 11. The van der Waals surface area contributed by atoms with Crippen LogP contribution in [0.2, 0.25) is 0 Å². The molecule has 0 spiro atoms. The van der Waals surface area contributed by atoms with Gasteiger partial charge in [0.05, 0.1) is 19.3 Å². The van der Waals surface area contributed by atoms with Crippen molar-refractivity contribution in [3.05, 3.63) is 41.2 Å². The largest absolute Gasteiger partial charge is 0.378 e. The number of nitrogens with zero attached hydrogens (tertiary/aromatic N) is 7. The first-order valence-corrected chi connectivity index (χ1v) is 12.2. The van der Waals surface area contributed by atoms with Crippen LogP contribution >= 0.6 is 11.3 Å². The third-order valence-corrected chi connectivity index (χ3v) is 6.81. The lowest BCUT2D eigenvalue weighted by Gasteiger charge is -2.30. The van der Waals surface area contributed by atoms with E-state index < -0.39 is 0 Å². The first-order chi connectivity index (χ1) is 16.7. The Labute approximate surface area is 200 Å². The summed E-state index contributed by atoms with van der Waals surface area (Å²) in [6, 6.07) is 5.92. The van der Waals surface area contributed by atoms with Gasteiger partial charge in [-0.05, 0) is 19.8 Å². The molecule has 34 heavy (non-hydrogen) atoms. The predicted octanol–water partition coefficient (Wildman–Crippen LogP) is 3.54. The molecule has 0 radical (unpaired) electrons. The van der Waals surface area contributed by atoms with Crippen molar-refractivity contribution in [1.82, 2.24) is 30.3 Å². The smallest absolute Gasteiger partial charge is 0.229 e. The molecular formula is C22H25N9O2S. The number of aromatic amines is 1. The molecule has 0 bridgehead atoms. The fraction of sp³-hybridized carbons (Fsp3) is 0.409. The Morgan fingerprint density at radius 2 is 2.03 bits per heavy atom. The van der Waals surface area contributed by atoms with Crippen LogP contribution in [0.15, 0.2) is 34.3 Å². The summed E-state index contributed by atoms with van der Waals surface area (Å²) in [5.74, 6) is 3.75. The molecule has 2 saturated heterocycles. The van der Waals surface area contributed by atoms with Gasteiger partial charge >= 0.3 is 0 Å². The van der Waals surface area contributed by atoms with E-state index >= 15 is 0 Å². The van der Waals surface area contributed by atoms with E-state index in [-0.39, 0.29) is 6.04 Å². The van der Waals surface area contributed by atoms with Crippen molar-refractivity contribution in [2.75, 3.05) is 48.0 Å². The summed E-state index contributed by atoms with van der Waals surface area (Å²) in [4.78, 5) is 18.6. The molecule has 0 amide bonds. The second-order valence-corrected chi connectivity index (χ2v) is 9.27. The number of anilines is 4. The maximum Gasteiger partial charge on any atom is 0.229 e. The van der Waals surface area contributed by atoms with E-state index in [2.05, 4.69) is 35.5 Å². The molecule has 0 aromatic carbocycles. The molecule has 2 aliphatic rings. The van der Waals surface area contributed by atoms with Gasteiger partial charge < -0.3 is 24.4 Å². The lowest BCUT2D eigenvalue weighted by molar-refractivity contribution is 0.122. The Morgan fingerprint density at radius 1 is 1.12 bits per heavy atom. The maximum absolute atomic E-state index is 5.76.